The van der Waals surface area contributed by atoms with E-state index in [4.69, 9.17) is 0 Å². The molecule has 2 heterocycles. The maximum atomic E-state index is 12.7. The smallest absolute Gasteiger partial charge is 0.221 e. The monoisotopic (exact) mass is 418 g/mol. The minimum absolute atomic E-state index is 0.00372. The fourth-order valence-electron chi connectivity index (χ4n) is 3.55. The third kappa shape index (κ3) is 3.68. The highest BCUT2D eigenvalue weighted by Gasteiger charge is 2.16. The van der Waals surface area contributed by atoms with E-state index in [1.165, 1.54) is 29.6 Å². The molecule has 6 nitrogen and oxygen atoms in total. The van der Waals surface area contributed by atoms with Gasteiger partial charge >= 0.3 is 0 Å². The second-order valence-electron chi connectivity index (χ2n) is 7.40. The number of anilines is 1. The number of ketones is 1. The largest absolute Gasteiger partial charge is 0.326 e. The zero-order valence-corrected chi connectivity index (χ0v) is 18.1. The van der Waals surface area contributed by atoms with Crippen molar-refractivity contribution in [2.75, 3.05) is 11.1 Å². The minimum Gasteiger partial charge on any atom is -0.326 e. The van der Waals surface area contributed by atoms with E-state index in [1.54, 1.807) is 24.3 Å². The molecule has 1 amide bonds. The van der Waals surface area contributed by atoms with Gasteiger partial charge in [-0.1, -0.05) is 23.9 Å². The molecule has 0 atom stereocenters. The van der Waals surface area contributed by atoms with Crippen LogP contribution in [0, 0.1) is 20.8 Å². The third-order valence-corrected chi connectivity index (χ3v) is 6.00. The van der Waals surface area contributed by atoms with Crippen LogP contribution in [0.3, 0.4) is 0 Å². The molecular formula is C23H22N4O2S. The summed E-state index contributed by atoms with van der Waals surface area (Å²) in [7, 11) is 0. The Bertz CT molecular complexity index is 1290. The molecule has 0 radical (unpaired) electrons. The minimum atomic E-state index is -0.142. The molecule has 4 rings (SSSR count). The zero-order valence-electron chi connectivity index (χ0n) is 17.3. The van der Waals surface area contributed by atoms with Crippen LogP contribution < -0.4 is 5.32 Å². The molecule has 30 heavy (non-hydrogen) atoms. The molecule has 0 unspecified atom stereocenters. The lowest BCUT2D eigenvalue weighted by Gasteiger charge is -2.11. The van der Waals surface area contributed by atoms with Crippen molar-refractivity contribution in [1.29, 1.82) is 0 Å². The Morgan fingerprint density at radius 3 is 2.37 bits per heavy atom. The first kappa shape index (κ1) is 20.1. The van der Waals surface area contributed by atoms with Crippen molar-refractivity contribution in [3.8, 4) is 0 Å². The number of carbonyl (C=O) groups excluding carboxylic acids is 2. The average Bonchev–Trinajstić information content (AvgIpc) is 3.14. The Morgan fingerprint density at radius 1 is 0.967 bits per heavy atom. The van der Waals surface area contributed by atoms with Crippen LogP contribution in [0.15, 0.2) is 47.6 Å². The van der Waals surface area contributed by atoms with Crippen molar-refractivity contribution in [1.82, 2.24) is 14.6 Å². The Balaban J connectivity index is 1.64. The van der Waals surface area contributed by atoms with Crippen molar-refractivity contribution in [2.45, 2.75) is 32.9 Å². The van der Waals surface area contributed by atoms with Crippen LogP contribution in [0.5, 0.6) is 0 Å². The summed E-state index contributed by atoms with van der Waals surface area (Å²) < 4.78 is 2.06. The number of carbonyl (C=O) groups is 2. The Kier molecular flexibility index (Phi) is 5.30. The fourth-order valence-corrected chi connectivity index (χ4v) is 4.39. The lowest BCUT2D eigenvalue weighted by atomic mass is 10.0. The number of benzene rings is 2. The van der Waals surface area contributed by atoms with E-state index < -0.39 is 0 Å². The number of aromatic nitrogens is 3. The van der Waals surface area contributed by atoms with Crippen LogP contribution >= 0.6 is 11.8 Å². The second-order valence-corrected chi connectivity index (χ2v) is 8.34. The highest BCUT2D eigenvalue weighted by molar-refractivity contribution is 7.99. The number of pyridine rings is 1. The van der Waals surface area contributed by atoms with E-state index in [0.29, 0.717) is 16.4 Å². The molecule has 0 saturated carbocycles. The van der Waals surface area contributed by atoms with E-state index >= 15 is 0 Å². The van der Waals surface area contributed by atoms with Crippen LogP contribution in [0.4, 0.5) is 5.69 Å². The molecule has 0 spiro atoms. The summed E-state index contributed by atoms with van der Waals surface area (Å²) in [6, 6.07) is 13.3. The normalized spacial score (nSPS) is 11.2. The molecule has 1 N–H and O–H groups in total. The van der Waals surface area contributed by atoms with E-state index in [2.05, 4.69) is 52.0 Å². The highest BCUT2D eigenvalue weighted by Crippen LogP contribution is 2.29. The van der Waals surface area contributed by atoms with E-state index in [-0.39, 0.29) is 17.4 Å². The Hall–Kier alpha value is -3.19. The van der Waals surface area contributed by atoms with Crippen molar-refractivity contribution in [2.24, 2.45) is 0 Å². The Labute approximate surface area is 178 Å². The summed E-state index contributed by atoms with van der Waals surface area (Å²) in [6.45, 7) is 7.65. The summed E-state index contributed by atoms with van der Waals surface area (Å²) in [4.78, 5) is 23.8. The summed E-state index contributed by atoms with van der Waals surface area (Å²) in [5.41, 5.74) is 6.54. The lowest BCUT2D eigenvalue weighted by molar-refractivity contribution is -0.114. The van der Waals surface area contributed by atoms with Crippen LogP contribution in [0.1, 0.15) is 34.0 Å². The molecule has 0 aliphatic carbocycles. The predicted octanol–water partition coefficient (Wildman–Crippen LogP) is 4.74. The number of thioether (sulfide) groups is 1. The van der Waals surface area contributed by atoms with Gasteiger partial charge in [-0.2, -0.15) is 0 Å². The SMILES string of the molecule is CC(=O)Nc1ccc(C(=O)CSc2nnc3c(C)cc4c(C)ccc(C)c4n23)cc1. The van der Waals surface area contributed by atoms with Crippen LogP contribution in [0.2, 0.25) is 0 Å². The fraction of sp³-hybridized carbons (Fsp3) is 0.217. The number of nitrogens with zero attached hydrogens (tertiary/aromatic N) is 3. The molecule has 0 fully saturated rings. The molecular weight excluding hydrogens is 396 g/mol. The highest BCUT2D eigenvalue weighted by atomic mass is 32.2. The second kappa shape index (κ2) is 7.91. The number of aryl methyl sites for hydroxylation is 3. The third-order valence-electron chi connectivity index (χ3n) is 5.07. The van der Waals surface area contributed by atoms with Gasteiger partial charge in [-0.05, 0) is 67.8 Å². The molecule has 152 valence electrons. The van der Waals surface area contributed by atoms with Crippen LogP contribution in [0.25, 0.3) is 16.6 Å². The van der Waals surface area contributed by atoms with Crippen LogP contribution in [-0.2, 0) is 4.79 Å². The average molecular weight is 419 g/mol. The number of fused-ring (bicyclic) bond motifs is 3. The van der Waals surface area contributed by atoms with Crippen molar-refractivity contribution in [3.63, 3.8) is 0 Å². The quantitative estimate of drug-likeness (QED) is 0.374. The van der Waals surface area contributed by atoms with Gasteiger partial charge < -0.3 is 5.32 Å². The van der Waals surface area contributed by atoms with Gasteiger partial charge in [0.2, 0.25) is 5.91 Å². The van der Waals surface area contributed by atoms with Gasteiger partial charge in [0.25, 0.3) is 0 Å². The maximum absolute atomic E-state index is 12.7. The standard InChI is InChI=1S/C23H22N4O2S/c1-13-5-6-14(2)21-19(13)11-15(3)22-25-26-23(27(21)22)30-12-20(29)17-7-9-18(10-8-17)24-16(4)28/h5-11H,12H2,1-4H3,(H,24,28). The molecule has 7 heteroatoms. The van der Waals surface area contributed by atoms with Gasteiger partial charge in [0.1, 0.15) is 0 Å². The topological polar surface area (TPSA) is 76.4 Å². The number of hydrogen-bond acceptors (Lipinski definition) is 5. The van der Waals surface area contributed by atoms with Gasteiger partial charge in [0.15, 0.2) is 16.6 Å². The number of hydrogen-bond donors (Lipinski definition) is 1. The first-order chi connectivity index (χ1) is 14.3. The van der Waals surface area contributed by atoms with E-state index in [1.807, 2.05) is 6.92 Å². The lowest BCUT2D eigenvalue weighted by Crippen LogP contribution is -2.07. The van der Waals surface area contributed by atoms with E-state index in [9.17, 15) is 9.59 Å². The van der Waals surface area contributed by atoms with Gasteiger partial charge in [-0.25, -0.2) is 0 Å². The van der Waals surface area contributed by atoms with E-state index in [0.717, 1.165) is 22.3 Å². The van der Waals surface area contributed by atoms with Gasteiger partial charge in [-0.3, -0.25) is 14.0 Å². The summed E-state index contributed by atoms with van der Waals surface area (Å²) in [5.74, 6) is 0.105. The Morgan fingerprint density at radius 2 is 1.67 bits per heavy atom. The molecule has 0 saturated heterocycles. The first-order valence-electron chi connectivity index (χ1n) is 9.63. The van der Waals surface area contributed by atoms with Gasteiger partial charge in [-0.15, -0.1) is 10.2 Å². The summed E-state index contributed by atoms with van der Waals surface area (Å²) in [5, 5.41) is 13.3. The number of nitrogens with one attached hydrogen (secondary N) is 1. The predicted molar refractivity (Wildman–Crippen MR) is 121 cm³/mol. The molecule has 4 aromatic rings. The van der Waals surface area contributed by atoms with Crippen molar-refractivity contribution >= 4 is 45.7 Å². The number of Topliss-reactive ketones (excluding diaryl/α,β-unsaturated/α-hetero) is 1. The zero-order chi connectivity index (χ0) is 21.4. The molecule has 2 aromatic heterocycles. The molecule has 2 aromatic carbocycles. The molecule has 0 bridgehead atoms. The van der Waals surface area contributed by atoms with Gasteiger partial charge in [0.05, 0.1) is 11.3 Å². The summed E-state index contributed by atoms with van der Waals surface area (Å²) in [6.07, 6.45) is 0. The number of amides is 1. The molecule has 0 aliphatic rings. The maximum Gasteiger partial charge on any atom is 0.221 e. The van der Waals surface area contributed by atoms with Crippen molar-refractivity contribution < 1.29 is 9.59 Å². The van der Waals surface area contributed by atoms with Gasteiger partial charge in [0, 0.05) is 23.6 Å². The van der Waals surface area contributed by atoms with Crippen molar-refractivity contribution in [3.05, 3.63) is 64.7 Å². The summed E-state index contributed by atoms with van der Waals surface area (Å²) >= 11 is 1.38. The first-order valence-corrected chi connectivity index (χ1v) is 10.6. The number of rotatable bonds is 5. The molecule has 0 aliphatic heterocycles. The van der Waals surface area contributed by atoms with Crippen LogP contribution in [-0.4, -0.2) is 32.0 Å².